The van der Waals surface area contributed by atoms with Crippen molar-refractivity contribution in [3.05, 3.63) is 0 Å². The molecule has 0 atom stereocenters. The molecule has 0 N–H and O–H groups in total. The first-order valence-electron chi connectivity index (χ1n) is 3.06. The molecule has 0 spiro atoms. The average Bonchev–Trinajstić information content (AvgIpc) is 1.91. The molecular weight excluding hydrogens is 1200 g/mol. The summed E-state index contributed by atoms with van der Waals surface area (Å²) in [5.74, 6) is 0.671. The van der Waals surface area contributed by atoms with Crippen LogP contribution in [-0.4, -0.2) is 13.2 Å². The summed E-state index contributed by atoms with van der Waals surface area (Å²) >= 11 is 4.30. The van der Waals surface area contributed by atoms with Gasteiger partial charge in [0.1, 0.15) is 0 Å². The molecule has 0 unspecified atom stereocenters. The van der Waals surface area contributed by atoms with Gasteiger partial charge in [-0.25, -0.2) is 0 Å². The van der Waals surface area contributed by atoms with Gasteiger partial charge < -0.3 is 0 Å². The van der Waals surface area contributed by atoms with E-state index >= 15 is 0 Å². The van der Waals surface area contributed by atoms with Crippen LogP contribution in [0, 0.1) is 5.92 Å². The van der Waals surface area contributed by atoms with E-state index in [1.54, 1.807) is 0 Å². The first kappa shape index (κ1) is 36.1. The van der Waals surface area contributed by atoms with Crippen molar-refractivity contribution in [1.29, 1.82) is 0 Å². The molecule has 0 bridgehead atoms. The van der Waals surface area contributed by atoms with Crippen LogP contribution >= 0.6 is 0 Å². The molecule has 0 fully saturated rings. The SMILES string of the molecule is CC(C)[C-]=[W].C[C-]=[W].C[C-]=[W].[W].[W].[W]. The molecular formula is C8H13W6-3. The zero-order chi connectivity index (χ0) is 9.70. The largest absolute Gasteiger partial charge is 0 e. The Bertz CT molecular complexity index is 85.8. The van der Waals surface area contributed by atoms with E-state index in [1.165, 1.54) is 58.1 Å². The summed E-state index contributed by atoms with van der Waals surface area (Å²) in [6.45, 7) is 8.09. The molecule has 6 heteroatoms. The Morgan fingerprint density at radius 1 is 0.786 bits per heavy atom. The Morgan fingerprint density at radius 2 is 0.857 bits per heavy atom. The minimum Gasteiger partial charge on any atom is 0 e. The van der Waals surface area contributed by atoms with Crippen molar-refractivity contribution in [2.24, 2.45) is 5.92 Å². The molecule has 0 radical (unpaired) electrons. The third kappa shape index (κ3) is 104. The number of hydrogen-bond donors (Lipinski definition) is 0. The van der Waals surface area contributed by atoms with Crippen LogP contribution < -0.4 is 0 Å². The van der Waals surface area contributed by atoms with E-state index in [-0.39, 0.29) is 63.2 Å². The minimum absolute atomic E-state index is 0. The Morgan fingerprint density at radius 3 is 0.857 bits per heavy atom. The van der Waals surface area contributed by atoms with Crippen LogP contribution in [0.15, 0.2) is 0 Å². The molecule has 0 rings (SSSR count). The Hall–Kier alpha value is 3.74. The zero-order valence-electron chi connectivity index (χ0n) is 8.53. The third-order valence-corrected chi connectivity index (χ3v) is 1.93. The topological polar surface area (TPSA) is 0 Å². The van der Waals surface area contributed by atoms with E-state index in [0.29, 0.717) is 5.92 Å². The van der Waals surface area contributed by atoms with Crippen LogP contribution in [0.1, 0.15) is 27.7 Å². The molecule has 0 aromatic rings. The number of hydrogen-bond acceptors (Lipinski definition) is 0. The van der Waals surface area contributed by atoms with E-state index in [2.05, 4.69) is 27.0 Å². The molecule has 0 saturated carbocycles. The summed E-state index contributed by atoms with van der Waals surface area (Å²) in [7, 11) is 0. The first-order chi connectivity index (χ1) is 5.10. The average molecular weight is 1210 g/mol. The summed E-state index contributed by atoms with van der Waals surface area (Å²) in [4.78, 5) is 0. The van der Waals surface area contributed by atoms with Crippen LogP contribution in [0.3, 0.4) is 0 Å². The smallest absolute Gasteiger partial charge is 0 e. The predicted octanol–water partition coefficient (Wildman–Crippen LogP) is 1.33. The second-order valence-corrected chi connectivity index (χ2v) is 5.46. The van der Waals surface area contributed by atoms with E-state index in [4.69, 9.17) is 0 Å². The van der Waals surface area contributed by atoms with Gasteiger partial charge in [0, 0.05) is 63.2 Å². The summed E-state index contributed by atoms with van der Waals surface area (Å²) in [5.41, 5.74) is 0. The van der Waals surface area contributed by atoms with Crippen molar-refractivity contribution >= 4 is 13.2 Å². The van der Waals surface area contributed by atoms with E-state index < -0.39 is 0 Å². The maximum absolute atomic E-state index is 3.11. The van der Waals surface area contributed by atoms with Crippen molar-refractivity contribution in [1.82, 2.24) is 0 Å². The zero-order valence-corrected chi connectivity index (χ0v) is 26.1. The fourth-order valence-electron chi connectivity index (χ4n) is 0. The van der Waals surface area contributed by atoms with Gasteiger partial charge in [0.2, 0.25) is 0 Å². The van der Waals surface area contributed by atoms with Gasteiger partial charge in [0.25, 0.3) is 0 Å². The van der Waals surface area contributed by atoms with Crippen molar-refractivity contribution in [3.63, 3.8) is 0 Å². The van der Waals surface area contributed by atoms with E-state index in [0.717, 1.165) is 0 Å². The molecule has 0 aliphatic heterocycles. The maximum Gasteiger partial charge on any atom is 0 e. The monoisotopic (exact) mass is 1210 g/mol. The fourth-order valence-corrected chi connectivity index (χ4v) is 0. The van der Waals surface area contributed by atoms with Gasteiger partial charge in [0.05, 0.1) is 0 Å². The Labute approximate surface area is 165 Å². The minimum atomic E-state index is 0. The third-order valence-electron chi connectivity index (χ3n) is 0.236. The van der Waals surface area contributed by atoms with Gasteiger partial charge in [-0.3, -0.25) is 0 Å². The maximum atomic E-state index is 3.11. The van der Waals surface area contributed by atoms with Crippen LogP contribution in [0.2, 0.25) is 0 Å². The second-order valence-electron chi connectivity index (χ2n) is 1.68. The normalized spacial score (nSPS) is 4.93. The molecule has 84 valence electrons. The predicted molar refractivity (Wildman–Crippen MR) is 41.2 cm³/mol. The van der Waals surface area contributed by atoms with Crippen LogP contribution in [0.5, 0.6) is 0 Å². The van der Waals surface area contributed by atoms with Gasteiger partial charge in [-0.05, 0) is 0 Å². The van der Waals surface area contributed by atoms with Crippen molar-refractivity contribution in [3.8, 4) is 0 Å². The van der Waals surface area contributed by atoms with Crippen LogP contribution in [0.4, 0.5) is 0 Å². The number of rotatable bonds is 1. The van der Waals surface area contributed by atoms with Gasteiger partial charge >= 0.3 is 105 Å². The summed E-state index contributed by atoms with van der Waals surface area (Å²) in [6.07, 6.45) is 0. The molecule has 0 aromatic heterocycles. The van der Waals surface area contributed by atoms with Crippen LogP contribution in [0.25, 0.3) is 0 Å². The van der Waals surface area contributed by atoms with Gasteiger partial charge in [-0.1, -0.05) is 0 Å². The summed E-state index contributed by atoms with van der Waals surface area (Å²) < 4.78 is 8.78. The molecule has 0 heterocycles. The molecule has 0 aromatic carbocycles. The summed E-state index contributed by atoms with van der Waals surface area (Å²) in [6, 6.07) is 0. The second kappa shape index (κ2) is 43.7. The summed E-state index contributed by atoms with van der Waals surface area (Å²) in [5, 5.41) is 0. The quantitative estimate of drug-likeness (QED) is 0.349. The van der Waals surface area contributed by atoms with Gasteiger partial charge in [0.15, 0.2) is 0 Å². The molecule has 0 aliphatic carbocycles. The van der Waals surface area contributed by atoms with Crippen LogP contribution in [-0.2, 0) is 121 Å². The van der Waals surface area contributed by atoms with Crippen molar-refractivity contribution < 1.29 is 121 Å². The molecule has 0 saturated heterocycles. The molecule has 0 amide bonds. The Kier molecular flexibility index (Phi) is 113. The molecule has 14 heavy (non-hydrogen) atoms. The van der Waals surface area contributed by atoms with Crippen molar-refractivity contribution in [2.75, 3.05) is 0 Å². The first-order valence-corrected chi connectivity index (χ1v) is 7.46. The van der Waals surface area contributed by atoms with E-state index in [9.17, 15) is 0 Å². The van der Waals surface area contributed by atoms with Crippen molar-refractivity contribution in [2.45, 2.75) is 27.7 Å². The van der Waals surface area contributed by atoms with Gasteiger partial charge in [-0.2, -0.15) is 0 Å². The molecule has 0 nitrogen and oxygen atoms in total. The standard InChI is InChI=1S/C4H7.2C2H3.6W/c1-4(2)3;2*1-2;;;;;;/h4H,1-2H3;2*1H3;;;;;;/q3*-1;;;;;;. The Balaban J connectivity index is -0.0000000162. The molecule has 0 aliphatic rings. The van der Waals surface area contributed by atoms with E-state index in [1.807, 2.05) is 13.8 Å². The fraction of sp³-hybridized carbons (Fsp3) is 0.625. The van der Waals surface area contributed by atoms with Gasteiger partial charge in [-0.15, -0.1) is 0 Å².